The highest BCUT2D eigenvalue weighted by molar-refractivity contribution is 8.13. The number of non-ortho nitro benzene ring substituents is 1. The molecule has 7 nitrogen and oxygen atoms in total. The zero-order valence-electron chi connectivity index (χ0n) is 10.6. The van der Waals surface area contributed by atoms with Crippen LogP contribution in [0.1, 0.15) is 35.7 Å². The van der Waals surface area contributed by atoms with Crippen LogP contribution in [0.5, 0.6) is 0 Å². The van der Waals surface area contributed by atoms with Gasteiger partial charge in [0.25, 0.3) is 11.4 Å². The van der Waals surface area contributed by atoms with Gasteiger partial charge < -0.3 is 0 Å². The number of carbonyl (C=O) groups excluding carboxylic acids is 1. The molecule has 102 valence electrons. The Balaban J connectivity index is 3.70. The second-order valence-corrected chi connectivity index (χ2v) is 4.87. The molecule has 0 aliphatic carbocycles. The standard InChI is InChI=1S/C11H12N2O5S/c1-6(2)10-8(11(14)19-3)4-7(12(15)16)5-9(10)13(17)18/h4-6H,1-3H3. The van der Waals surface area contributed by atoms with E-state index in [0.717, 1.165) is 23.9 Å². The van der Waals surface area contributed by atoms with Crippen LogP contribution in [0.15, 0.2) is 12.1 Å². The third kappa shape index (κ3) is 3.08. The van der Waals surface area contributed by atoms with Crippen molar-refractivity contribution in [2.75, 3.05) is 6.26 Å². The first-order valence-corrected chi connectivity index (χ1v) is 6.57. The largest absolute Gasteiger partial charge is 0.282 e. The Hall–Kier alpha value is -1.96. The maximum atomic E-state index is 11.8. The lowest BCUT2D eigenvalue weighted by molar-refractivity contribution is -0.394. The topological polar surface area (TPSA) is 103 Å². The van der Waals surface area contributed by atoms with E-state index < -0.39 is 20.6 Å². The number of nitro groups is 2. The summed E-state index contributed by atoms with van der Waals surface area (Å²) < 4.78 is 0. The van der Waals surface area contributed by atoms with Gasteiger partial charge in [0.2, 0.25) is 5.12 Å². The van der Waals surface area contributed by atoms with E-state index in [-0.39, 0.29) is 22.7 Å². The van der Waals surface area contributed by atoms with Gasteiger partial charge >= 0.3 is 0 Å². The van der Waals surface area contributed by atoms with Gasteiger partial charge in [0.15, 0.2) is 0 Å². The van der Waals surface area contributed by atoms with E-state index in [9.17, 15) is 25.0 Å². The van der Waals surface area contributed by atoms with E-state index in [0.29, 0.717) is 0 Å². The summed E-state index contributed by atoms with van der Waals surface area (Å²) in [5.74, 6) is -0.285. The molecule has 0 saturated heterocycles. The molecular weight excluding hydrogens is 272 g/mol. The Labute approximate surface area is 113 Å². The highest BCUT2D eigenvalue weighted by atomic mass is 32.2. The van der Waals surface area contributed by atoms with Crippen LogP contribution in [0, 0.1) is 20.2 Å². The van der Waals surface area contributed by atoms with Gasteiger partial charge in [-0.15, -0.1) is 0 Å². The maximum absolute atomic E-state index is 11.8. The van der Waals surface area contributed by atoms with Crippen molar-refractivity contribution >= 4 is 28.3 Å². The zero-order chi connectivity index (χ0) is 14.7. The number of rotatable bonds is 4. The fourth-order valence-corrected chi connectivity index (χ4v) is 2.15. The number of nitrogens with zero attached hydrogens (tertiary/aromatic N) is 2. The van der Waals surface area contributed by atoms with Gasteiger partial charge in [-0.1, -0.05) is 25.6 Å². The first-order chi connectivity index (χ1) is 8.79. The molecule has 0 radical (unpaired) electrons. The molecule has 0 aliphatic rings. The molecule has 1 aromatic carbocycles. The van der Waals surface area contributed by atoms with Crippen molar-refractivity contribution in [2.45, 2.75) is 19.8 Å². The lowest BCUT2D eigenvalue weighted by atomic mass is 9.95. The average Bonchev–Trinajstić information content (AvgIpc) is 2.35. The summed E-state index contributed by atoms with van der Waals surface area (Å²) in [4.78, 5) is 32.2. The van der Waals surface area contributed by atoms with Gasteiger partial charge in [0, 0.05) is 17.2 Å². The van der Waals surface area contributed by atoms with E-state index >= 15 is 0 Å². The third-order valence-corrected chi connectivity index (χ3v) is 3.12. The van der Waals surface area contributed by atoms with E-state index in [4.69, 9.17) is 0 Å². The molecule has 0 N–H and O–H groups in total. The van der Waals surface area contributed by atoms with Crippen LogP contribution >= 0.6 is 11.8 Å². The number of hydrogen-bond acceptors (Lipinski definition) is 6. The summed E-state index contributed by atoms with van der Waals surface area (Å²) in [6.07, 6.45) is 1.52. The van der Waals surface area contributed by atoms with E-state index in [1.165, 1.54) is 6.26 Å². The van der Waals surface area contributed by atoms with Crippen molar-refractivity contribution < 1.29 is 14.6 Å². The number of nitro benzene ring substituents is 2. The number of carbonyl (C=O) groups is 1. The third-order valence-electron chi connectivity index (χ3n) is 2.53. The van der Waals surface area contributed by atoms with Crippen LogP contribution in [0.25, 0.3) is 0 Å². The summed E-state index contributed by atoms with van der Waals surface area (Å²) in [6, 6.07) is 1.99. The summed E-state index contributed by atoms with van der Waals surface area (Å²) in [5.41, 5.74) is -0.576. The van der Waals surface area contributed by atoms with Crippen LogP contribution in [-0.2, 0) is 0 Å². The lowest BCUT2D eigenvalue weighted by Crippen LogP contribution is -2.07. The van der Waals surface area contributed by atoms with Crippen molar-refractivity contribution in [1.29, 1.82) is 0 Å². The molecule has 0 saturated carbocycles. The zero-order valence-corrected chi connectivity index (χ0v) is 11.4. The number of benzene rings is 1. The predicted molar refractivity (Wildman–Crippen MR) is 71.7 cm³/mol. The minimum absolute atomic E-state index is 0.0309. The van der Waals surface area contributed by atoms with Crippen LogP contribution < -0.4 is 0 Å². The molecule has 0 heterocycles. The quantitative estimate of drug-likeness (QED) is 0.621. The molecule has 0 fully saturated rings. The Morgan fingerprint density at radius 1 is 1.21 bits per heavy atom. The van der Waals surface area contributed by atoms with Crippen molar-refractivity contribution in [1.82, 2.24) is 0 Å². The lowest BCUT2D eigenvalue weighted by Gasteiger charge is -2.11. The van der Waals surface area contributed by atoms with Crippen LogP contribution in [0.3, 0.4) is 0 Å². The molecule has 0 atom stereocenters. The monoisotopic (exact) mass is 284 g/mol. The maximum Gasteiger partial charge on any atom is 0.280 e. The van der Waals surface area contributed by atoms with E-state index in [1.54, 1.807) is 13.8 Å². The Kier molecular flexibility index (Phi) is 4.60. The molecule has 0 aromatic heterocycles. The van der Waals surface area contributed by atoms with Gasteiger partial charge in [0.05, 0.1) is 15.9 Å². The molecule has 0 unspecified atom stereocenters. The van der Waals surface area contributed by atoms with Crippen LogP contribution in [-0.4, -0.2) is 21.2 Å². The highest BCUT2D eigenvalue weighted by Crippen LogP contribution is 2.35. The molecule has 1 rings (SSSR count). The Morgan fingerprint density at radius 3 is 2.16 bits per heavy atom. The molecule has 1 aromatic rings. The highest BCUT2D eigenvalue weighted by Gasteiger charge is 2.28. The summed E-state index contributed by atoms with van der Waals surface area (Å²) in [6.45, 7) is 3.40. The smallest absolute Gasteiger partial charge is 0.280 e. The summed E-state index contributed by atoms with van der Waals surface area (Å²) in [5, 5.41) is 21.4. The van der Waals surface area contributed by atoms with Gasteiger partial charge in [-0.2, -0.15) is 0 Å². The van der Waals surface area contributed by atoms with E-state index in [1.807, 2.05) is 0 Å². The molecule has 19 heavy (non-hydrogen) atoms. The predicted octanol–water partition coefficient (Wildman–Crippen LogP) is 3.13. The molecule has 0 bridgehead atoms. The average molecular weight is 284 g/mol. The molecule has 8 heteroatoms. The van der Waals surface area contributed by atoms with Crippen molar-refractivity contribution in [2.24, 2.45) is 0 Å². The molecule has 0 amide bonds. The molecular formula is C11H12N2O5S. The Bertz CT molecular complexity index is 556. The number of thioether (sulfide) groups is 1. The van der Waals surface area contributed by atoms with Gasteiger partial charge in [-0.3, -0.25) is 25.0 Å². The van der Waals surface area contributed by atoms with Crippen LogP contribution in [0.4, 0.5) is 11.4 Å². The Morgan fingerprint density at radius 2 is 1.79 bits per heavy atom. The first-order valence-electron chi connectivity index (χ1n) is 5.34. The van der Waals surface area contributed by atoms with Crippen LogP contribution in [0.2, 0.25) is 0 Å². The molecule has 0 spiro atoms. The second-order valence-electron chi connectivity index (χ2n) is 4.09. The summed E-state index contributed by atoms with van der Waals surface area (Å²) >= 11 is 0.866. The van der Waals surface area contributed by atoms with Gasteiger partial charge in [0.1, 0.15) is 0 Å². The van der Waals surface area contributed by atoms with Gasteiger partial charge in [-0.05, 0) is 12.2 Å². The van der Waals surface area contributed by atoms with Gasteiger partial charge in [-0.25, -0.2) is 0 Å². The second kappa shape index (κ2) is 5.79. The fourth-order valence-electron chi connectivity index (χ4n) is 1.77. The minimum atomic E-state index is -0.742. The summed E-state index contributed by atoms with van der Waals surface area (Å²) in [7, 11) is 0. The number of hydrogen-bond donors (Lipinski definition) is 0. The molecule has 0 aliphatic heterocycles. The SMILES string of the molecule is CSC(=O)c1cc([N+](=O)[O-])cc([N+](=O)[O-])c1C(C)C. The fraction of sp³-hybridized carbons (Fsp3) is 0.364. The van der Waals surface area contributed by atoms with E-state index in [2.05, 4.69) is 0 Å². The van der Waals surface area contributed by atoms with Crippen molar-refractivity contribution in [3.63, 3.8) is 0 Å². The van der Waals surface area contributed by atoms with Crippen molar-refractivity contribution in [3.8, 4) is 0 Å². The normalized spacial score (nSPS) is 10.5. The first kappa shape index (κ1) is 15.1. The minimum Gasteiger partial charge on any atom is -0.282 e. The van der Waals surface area contributed by atoms with Crippen molar-refractivity contribution in [3.05, 3.63) is 43.5 Å².